The largest absolute Gasteiger partial charge is 0.353 e. The van der Waals surface area contributed by atoms with E-state index in [4.69, 9.17) is 5.53 Å². The maximum atomic E-state index is 11.4. The fraction of sp³-hybridized carbons (Fsp3) is 0.250. The number of non-ortho nitro benzene ring substituents is 1. The summed E-state index contributed by atoms with van der Waals surface area (Å²) < 4.78 is 0. The number of nitro benzene ring substituents is 1. The van der Waals surface area contributed by atoms with E-state index < -0.39 is 4.92 Å². The molecule has 0 aromatic heterocycles. The quantitative estimate of drug-likeness (QED) is 0.156. The Bertz CT molecular complexity index is 564. The van der Waals surface area contributed by atoms with Crippen molar-refractivity contribution in [2.24, 2.45) is 5.11 Å². The summed E-state index contributed by atoms with van der Waals surface area (Å²) in [6, 6.07) is 5.98. The van der Waals surface area contributed by atoms with E-state index >= 15 is 0 Å². The average molecular weight is 275 g/mol. The van der Waals surface area contributed by atoms with Gasteiger partial charge in [-0.05, 0) is 23.6 Å². The third-order valence-corrected chi connectivity index (χ3v) is 2.31. The minimum absolute atomic E-state index is 0.0260. The van der Waals surface area contributed by atoms with Crippen LogP contribution in [0.3, 0.4) is 0 Å². The molecule has 8 nitrogen and oxygen atoms in total. The van der Waals surface area contributed by atoms with Crippen LogP contribution in [-0.2, 0) is 4.79 Å². The molecule has 0 aliphatic heterocycles. The molecule has 1 aromatic carbocycles. The summed E-state index contributed by atoms with van der Waals surface area (Å²) >= 11 is 0. The second kappa shape index (κ2) is 8.28. The zero-order valence-electron chi connectivity index (χ0n) is 10.6. The first-order valence-electron chi connectivity index (χ1n) is 5.84. The number of nitrogens with zero attached hydrogens (tertiary/aromatic N) is 4. The number of nitro groups is 1. The Morgan fingerprint density at radius 3 is 3.05 bits per heavy atom. The molecule has 0 fully saturated rings. The molecule has 1 N–H and O–H groups in total. The first kappa shape index (κ1) is 15.2. The van der Waals surface area contributed by atoms with Crippen LogP contribution in [0.5, 0.6) is 0 Å². The van der Waals surface area contributed by atoms with Gasteiger partial charge in [0.15, 0.2) is 0 Å². The SMILES string of the molecule is [N-]=[N+]=NCCCNC(=O)/C=C/c1cccc([N+](=O)[O-])c1. The number of benzene rings is 1. The van der Waals surface area contributed by atoms with E-state index in [1.807, 2.05) is 0 Å². The van der Waals surface area contributed by atoms with E-state index in [9.17, 15) is 14.9 Å². The Morgan fingerprint density at radius 2 is 2.35 bits per heavy atom. The van der Waals surface area contributed by atoms with Gasteiger partial charge in [-0.15, -0.1) is 0 Å². The summed E-state index contributed by atoms with van der Waals surface area (Å²) in [5, 5.41) is 16.5. The number of carbonyl (C=O) groups excluding carboxylic acids is 1. The third kappa shape index (κ3) is 5.65. The van der Waals surface area contributed by atoms with Gasteiger partial charge in [0.25, 0.3) is 5.69 Å². The zero-order valence-corrected chi connectivity index (χ0v) is 10.6. The summed E-state index contributed by atoms with van der Waals surface area (Å²) in [6.45, 7) is 0.725. The van der Waals surface area contributed by atoms with Crippen LogP contribution in [-0.4, -0.2) is 23.9 Å². The predicted octanol–water partition coefficient (Wildman–Crippen LogP) is 2.42. The fourth-order valence-electron chi connectivity index (χ4n) is 1.38. The summed E-state index contributed by atoms with van der Waals surface area (Å²) in [5.41, 5.74) is 8.60. The Kier molecular flexibility index (Phi) is 6.29. The minimum Gasteiger partial charge on any atom is -0.353 e. The van der Waals surface area contributed by atoms with Crippen molar-refractivity contribution in [2.45, 2.75) is 6.42 Å². The first-order chi connectivity index (χ1) is 9.63. The lowest BCUT2D eigenvalue weighted by Crippen LogP contribution is -2.22. The molecular weight excluding hydrogens is 262 g/mol. The van der Waals surface area contributed by atoms with Gasteiger partial charge in [0.2, 0.25) is 5.91 Å². The van der Waals surface area contributed by atoms with Gasteiger partial charge in [-0.1, -0.05) is 17.2 Å². The van der Waals surface area contributed by atoms with Crippen LogP contribution in [0, 0.1) is 10.1 Å². The van der Waals surface area contributed by atoms with Crippen molar-refractivity contribution < 1.29 is 9.72 Å². The number of amides is 1. The van der Waals surface area contributed by atoms with Crippen LogP contribution in [0.4, 0.5) is 5.69 Å². The summed E-state index contributed by atoms with van der Waals surface area (Å²) in [4.78, 5) is 24.1. The van der Waals surface area contributed by atoms with E-state index in [0.717, 1.165) is 0 Å². The highest BCUT2D eigenvalue weighted by Crippen LogP contribution is 2.13. The van der Waals surface area contributed by atoms with Crippen LogP contribution >= 0.6 is 0 Å². The zero-order chi connectivity index (χ0) is 14.8. The van der Waals surface area contributed by atoms with Gasteiger partial charge in [-0.2, -0.15) is 0 Å². The van der Waals surface area contributed by atoms with Crippen LogP contribution in [0.15, 0.2) is 35.5 Å². The first-order valence-corrected chi connectivity index (χ1v) is 5.84. The molecule has 1 amide bonds. The highest BCUT2D eigenvalue weighted by molar-refractivity contribution is 5.91. The lowest BCUT2D eigenvalue weighted by Gasteiger charge is -1.99. The second-order valence-electron chi connectivity index (χ2n) is 3.78. The van der Waals surface area contributed by atoms with E-state index in [-0.39, 0.29) is 11.6 Å². The van der Waals surface area contributed by atoms with Crippen LogP contribution in [0.1, 0.15) is 12.0 Å². The maximum Gasteiger partial charge on any atom is 0.270 e. The molecule has 1 rings (SSSR count). The summed E-state index contributed by atoms with van der Waals surface area (Å²) in [5.74, 6) is -0.308. The Balaban J connectivity index is 2.46. The molecule has 8 heteroatoms. The molecule has 0 saturated heterocycles. The molecule has 0 bridgehead atoms. The molecule has 0 aliphatic carbocycles. The maximum absolute atomic E-state index is 11.4. The van der Waals surface area contributed by atoms with E-state index in [1.165, 1.54) is 24.3 Å². The molecule has 1 aromatic rings. The van der Waals surface area contributed by atoms with E-state index in [2.05, 4.69) is 15.3 Å². The lowest BCUT2D eigenvalue weighted by molar-refractivity contribution is -0.384. The summed E-state index contributed by atoms with van der Waals surface area (Å²) in [6.07, 6.45) is 3.35. The average Bonchev–Trinajstić information content (AvgIpc) is 2.45. The molecule has 20 heavy (non-hydrogen) atoms. The van der Waals surface area contributed by atoms with Crippen molar-refractivity contribution in [3.8, 4) is 0 Å². The topological polar surface area (TPSA) is 121 Å². The van der Waals surface area contributed by atoms with Crippen molar-refractivity contribution in [1.82, 2.24) is 5.32 Å². The highest BCUT2D eigenvalue weighted by Gasteiger charge is 2.03. The summed E-state index contributed by atoms with van der Waals surface area (Å²) in [7, 11) is 0. The van der Waals surface area contributed by atoms with Crippen LogP contribution in [0.2, 0.25) is 0 Å². The number of hydrogen-bond donors (Lipinski definition) is 1. The number of rotatable bonds is 7. The van der Waals surface area contributed by atoms with Crippen LogP contribution < -0.4 is 5.32 Å². The number of hydrogen-bond acceptors (Lipinski definition) is 4. The van der Waals surface area contributed by atoms with Gasteiger partial charge < -0.3 is 5.32 Å². The monoisotopic (exact) mass is 275 g/mol. The van der Waals surface area contributed by atoms with Gasteiger partial charge >= 0.3 is 0 Å². The van der Waals surface area contributed by atoms with Crippen molar-refractivity contribution in [2.75, 3.05) is 13.1 Å². The highest BCUT2D eigenvalue weighted by atomic mass is 16.6. The minimum atomic E-state index is -0.493. The van der Waals surface area contributed by atoms with Gasteiger partial charge in [-0.3, -0.25) is 14.9 Å². The van der Waals surface area contributed by atoms with Gasteiger partial charge in [0, 0.05) is 36.2 Å². The molecule has 0 heterocycles. The van der Waals surface area contributed by atoms with E-state index in [1.54, 1.807) is 12.1 Å². The Hall–Kier alpha value is -2.86. The van der Waals surface area contributed by atoms with Gasteiger partial charge in [0.05, 0.1) is 4.92 Å². The van der Waals surface area contributed by atoms with Crippen molar-refractivity contribution in [3.63, 3.8) is 0 Å². The molecule has 0 saturated carbocycles. The van der Waals surface area contributed by atoms with Gasteiger partial charge in [0.1, 0.15) is 0 Å². The fourth-order valence-corrected chi connectivity index (χ4v) is 1.38. The molecular formula is C12H13N5O3. The molecule has 0 radical (unpaired) electrons. The van der Waals surface area contributed by atoms with E-state index in [0.29, 0.717) is 25.1 Å². The second-order valence-corrected chi connectivity index (χ2v) is 3.78. The Morgan fingerprint density at radius 1 is 1.55 bits per heavy atom. The van der Waals surface area contributed by atoms with Crippen LogP contribution in [0.25, 0.3) is 16.5 Å². The third-order valence-electron chi connectivity index (χ3n) is 2.31. The molecule has 104 valence electrons. The molecule has 0 aliphatic rings. The number of azide groups is 1. The lowest BCUT2D eigenvalue weighted by atomic mass is 10.2. The number of carbonyl (C=O) groups is 1. The molecule has 0 atom stereocenters. The van der Waals surface area contributed by atoms with Crippen molar-refractivity contribution in [1.29, 1.82) is 0 Å². The standard InChI is InChI=1S/C12H13N5O3/c13-16-15-8-2-7-14-12(18)6-5-10-3-1-4-11(9-10)17(19)20/h1,3-6,9H,2,7-8H2,(H,14,18)/b6-5+. The van der Waals surface area contributed by atoms with Gasteiger partial charge in [-0.25, -0.2) is 0 Å². The number of nitrogens with one attached hydrogen (secondary N) is 1. The Labute approximate surface area is 114 Å². The smallest absolute Gasteiger partial charge is 0.270 e. The normalized spacial score (nSPS) is 10.0. The molecule has 0 unspecified atom stereocenters. The predicted molar refractivity (Wildman–Crippen MR) is 73.8 cm³/mol. The molecule has 0 spiro atoms. The van der Waals surface area contributed by atoms with Crippen molar-refractivity contribution >= 4 is 17.7 Å². The van der Waals surface area contributed by atoms with Crippen molar-refractivity contribution in [3.05, 3.63) is 56.5 Å².